The summed E-state index contributed by atoms with van der Waals surface area (Å²) in [6.45, 7) is 4.85. The molecule has 0 radical (unpaired) electrons. The van der Waals surface area contributed by atoms with Crippen LogP contribution in [0.15, 0.2) is 53.5 Å². The first-order valence-electron chi connectivity index (χ1n) is 8.70. The third-order valence-corrected chi connectivity index (χ3v) is 4.89. The SMILES string of the molecule is CN1CCN=C1NCc1ccc(CN2CCc3ccccc32)cc1. The van der Waals surface area contributed by atoms with E-state index in [-0.39, 0.29) is 0 Å². The van der Waals surface area contributed by atoms with E-state index in [0.717, 1.165) is 45.1 Å². The molecule has 0 amide bonds. The quantitative estimate of drug-likeness (QED) is 0.939. The molecule has 2 aromatic rings. The summed E-state index contributed by atoms with van der Waals surface area (Å²) in [6, 6.07) is 17.7. The van der Waals surface area contributed by atoms with E-state index in [1.165, 1.54) is 22.4 Å². The van der Waals surface area contributed by atoms with Gasteiger partial charge in [-0.25, -0.2) is 0 Å². The first-order valence-corrected chi connectivity index (χ1v) is 8.70. The fourth-order valence-corrected chi connectivity index (χ4v) is 3.46. The molecule has 4 rings (SSSR count). The number of hydrogen-bond acceptors (Lipinski definition) is 4. The average molecular weight is 320 g/mol. The Kier molecular flexibility index (Phi) is 4.11. The molecule has 2 heterocycles. The fraction of sp³-hybridized carbons (Fsp3) is 0.350. The smallest absolute Gasteiger partial charge is 0.194 e. The average Bonchev–Trinajstić information content (AvgIpc) is 3.21. The lowest BCUT2D eigenvalue weighted by Gasteiger charge is -2.20. The van der Waals surface area contributed by atoms with Crippen LogP contribution in [-0.2, 0) is 19.5 Å². The molecule has 0 spiro atoms. The van der Waals surface area contributed by atoms with Gasteiger partial charge in [0.15, 0.2) is 5.96 Å². The van der Waals surface area contributed by atoms with Gasteiger partial charge in [-0.2, -0.15) is 0 Å². The zero-order valence-corrected chi connectivity index (χ0v) is 14.2. The fourth-order valence-electron chi connectivity index (χ4n) is 3.46. The third-order valence-electron chi connectivity index (χ3n) is 4.89. The van der Waals surface area contributed by atoms with Crippen molar-refractivity contribution in [1.82, 2.24) is 10.2 Å². The largest absolute Gasteiger partial charge is 0.367 e. The van der Waals surface area contributed by atoms with E-state index in [0.29, 0.717) is 0 Å². The monoisotopic (exact) mass is 320 g/mol. The van der Waals surface area contributed by atoms with Crippen molar-refractivity contribution in [2.75, 3.05) is 31.6 Å². The molecule has 0 saturated heterocycles. The van der Waals surface area contributed by atoms with Gasteiger partial charge < -0.3 is 15.1 Å². The third kappa shape index (κ3) is 3.09. The number of fused-ring (bicyclic) bond motifs is 1. The van der Waals surface area contributed by atoms with Crippen molar-refractivity contribution < 1.29 is 0 Å². The molecule has 0 atom stereocenters. The first-order chi connectivity index (χ1) is 11.8. The number of rotatable bonds is 4. The van der Waals surface area contributed by atoms with Crippen LogP contribution in [0, 0.1) is 0 Å². The van der Waals surface area contributed by atoms with Crippen molar-refractivity contribution in [3.8, 4) is 0 Å². The Hall–Kier alpha value is -2.49. The van der Waals surface area contributed by atoms with Gasteiger partial charge in [0, 0.05) is 38.9 Å². The number of benzene rings is 2. The lowest BCUT2D eigenvalue weighted by Crippen LogP contribution is -2.35. The van der Waals surface area contributed by atoms with Crippen molar-refractivity contribution in [3.05, 3.63) is 65.2 Å². The summed E-state index contributed by atoms with van der Waals surface area (Å²) in [5.74, 6) is 1.01. The van der Waals surface area contributed by atoms with Crippen molar-refractivity contribution in [2.24, 2.45) is 4.99 Å². The van der Waals surface area contributed by atoms with Crippen LogP contribution in [-0.4, -0.2) is 37.5 Å². The summed E-state index contributed by atoms with van der Waals surface area (Å²) in [5.41, 5.74) is 5.53. The Bertz CT molecular complexity index is 736. The molecule has 2 aliphatic rings. The molecular weight excluding hydrogens is 296 g/mol. The van der Waals surface area contributed by atoms with Crippen molar-refractivity contribution in [1.29, 1.82) is 0 Å². The minimum absolute atomic E-state index is 0.829. The summed E-state index contributed by atoms with van der Waals surface area (Å²) in [4.78, 5) is 9.11. The minimum atomic E-state index is 0.829. The van der Waals surface area contributed by atoms with Crippen LogP contribution in [0.1, 0.15) is 16.7 Å². The number of aliphatic imine (C=N–C) groups is 1. The second-order valence-electron chi connectivity index (χ2n) is 6.60. The van der Waals surface area contributed by atoms with Gasteiger partial charge in [-0.1, -0.05) is 42.5 Å². The van der Waals surface area contributed by atoms with Crippen molar-refractivity contribution in [2.45, 2.75) is 19.5 Å². The van der Waals surface area contributed by atoms with Gasteiger partial charge in [-0.3, -0.25) is 4.99 Å². The van der Waals surface area contributed by atoms with E-state index in [9.17, 15) is 0 Å². The summed E-state index contributed by atoms with van der Waals surface area (Å²) in [5, 5.41) is 3.42. The molecule has 4 heteroatoms. The van der Waals surface area contributed by atoms with Gasteiger partial charge in [0.1, 0.15) is 0 Å². The predicted molar refractivity (Wildman–Crippen MR) is 99.4 cm³/mol. The summed E-state index contributed by atoms with van der Waals surface area (Å²) in [6.07, 6.45) is 1.16. The van der Waals surface area contributed by atoms with Gasteiger partial charge in [0.05, 0.1) is 6.54 Å². The predicted octanol–water partition coefficient (Wildman–Crippen LogP) is 2.64. The van der Waals surface area contributed by atoms with Crippen LogP contribution in [0.25, 0.3) is 0 Å². The molecular formula is C20H24N4. The van der Waals surface area contributed by atoms with Crippen LogP contribution in [0.4, 0.5) is 5.69 Å². The van der Waals surface area contributed by atoms with Crippen LogP contribution < -0.4 is 10.2 Å². The Balaban J connectivity index is 1.36. The Labute approximate surface area is 143 Å². The molecule has 2 aromatic carbocycles. The maximum absolute atomic E-state index is 4.46. The van der Waals surface area contributed by atoms with Crippen LogP contribution >= 0.6 is 0 Å². The lowest BCUT2D eigenvalue weighted by molar-refractivity contribution is 0.534. The molecule has 0 bridgehead atoms. The standard InChI is InChI=1S/C20H24N4/c1-23-13-11-21-20(23)22-14-16-6-8-17(9-7-16)15-24-12-10-18-4-2-3-5-19(18)24/h2-9H,10-15H2,1H3,(H,21,22). The second-order valence-corrected chi connectivity index (χ2v) is 6.60. The molecule has 0 aliphatic carbocycles. The minimum Gasteiger partial charge on any atom is -0.367 e. The molecule has 124 valence electrons. The number of anilines is 1. The number of para-hydroxylation sites is 1. The number of hydrogen-bond donors (Lipinski definition) is 1. The van der Waals surface area contributed by atoms with Gasteiger partial charge >= 0.3 is 0 Å². The van der Waals surface area contributed by atoms with Crippen LogP contribution in [0.3, 0.4) is 0 Å². The van der Waals surface area contributed by atoms with E-state index >= 15 is 0 Å². The Morgan fingerprint density at radius 2 is 1.79 bits per heavy atom. The number of likely N-dealkylation sites (N-methyl/N-ethyl adjacent to an activating group) is 1. The molecule has 1 N–H and O–H groups in total. The van der Waals surface area contributed by atoms with Crippen molar-refractivity contribution >= 4 is 11.6 Å². The van der Waals surface area contributed by atoms with E-state index in [4.69, 9.17) is 0 Å². The summed E-state index contributed by atoms with van der Waals surface area (Å²) < 4.78 is 0. The van der Waals surface area contributed by atoms with E-state index in [2.05, 4.69) is 75.7 Å². The normalized spacial score (nSPS) is 16.3. The molecule has 0 aromatic heterocycles. The molecule has 0 fully saturated rings. The highest BCUT2D eigenvalue weighted by Crippen LogP contribution is 2.28. The highest BCUT2D eigenvalue weighted by Gasteiger charge is 2.18. The van der Waals surface area contributed by atoms with Crippen LogP contribution in [0.5, 0.6) is 0 Å². The summed E-state index contributed by atoms with van der Waals surface area (Å²) in [7, 11) is 2.08. The van der Waals surface area contributed by atoms with Crippen LogP contribution in [0.2, 0.25) is 0 Å². The lowest BCUT2D eigenvalue weighted by atomic mass is 10.1. The Morgan fingerprint density at radius 3 is 2.58 bits per heavy atom. The highest BCUT2D eigenvalue weighted by molar-refractivity contribution is 5.81. The number of nitrogens with zero attached hydrogens (tertiary/aromatic N) is 3. The maximum Gasteiger partial charge on any atom is 0.194 e. The van der Waals surface area contributed by atoms with Gasteiger partial charge in [-0.05, 0) is 29.2 Å². The number of nitrogens with one attached hydrogen (secondary N) is 1. The van der Waals surface area contributed by atoms with E-state index < -0.39 is 0 Å². The maximum atomic E-state index is 4.46. The summed E-state index contributed by atoms with van der Waals surface area (Å²) >= 11 is 0. The van der Waals surface area contributed by atoms with Gasteiger partial charge in [0.2, 0.25) is 0 Å². The zero-order chi connectivity index (χ0) is 16.4. The van der Waals surface area contributed by atoms with Gasteiger partial charge in [0.25, 0.3) is 0 Å². The molecule has 4 nitrogen and oxygen atoms in total. The molecule has 2 aliphatic heterocycles. The molecule has 0 saturated carbocycles. The number of guanidine groups is 1. The second kappa shape index (κ2) is 6.56. The van der Waals surface area contributed by atoms with Gasteiger partial charge in [-0.15, -0.1) is 0 Å². The zero-order valence-electron chi connectivity index (χ0n) is 14.2. The first kappa shape index (κ1) is 15.1. The van der Waals surface area contributed by atoms with E-state index in [1.807, 2.05) is 0 Å². The van der Waals surface area contributed by atoms with Crippen molar-refractivity contribution in [3.63, 3.8) is 0 Å². The molecule has 24 heavy (non-hydrogen) atoms. The Morgan fingerprint density at radius 1 is 1.00 bits per heavy atom. The molecule has 0 unspecified atom stereocenters. The highest BCUT2D eigenvalue weighted by atomic mass is 15.3. The topological polar surface area (TPSA) is 30.9 Å². The van der Waals surface area contributed by atoms with E-state index in [1.54, 1.807) is 0 Å².